The molecule has 2 heterocycles. The number of hydrogen-bond acceptors (Lipinski definition) is 7. The molecule has 180 valence electrons. The summed E-state index contributed by atoms with van der Waals surface area (Å²) in [5, 5.41) is 9.61. The van der Waals surface area contributed by atoms with E-state index in [0.717, 1.165) is 21.6 Å². The Balaban J connectivity index is 1.77. The van der Waals surface area contributed by atoms with Gasteiger partial charge in [-0.05, 0) is 64.1 Å². The quantitative estimate of drug-likeness (QED) is 0.367. The van der Waals surface area contributed by atoms with E-state index < -0.39 is 11.5 Å². The Hall–Kier alpha value is -3.98. The van der Waals surface area contributed by atoms with Crippen LogP contribution in [0.1, 0.15) is 47.2 Å². The highest BCUT2D eigenvalue weighted by molar-refractivity contribution is 7.16. The first kappa shape index (κ1) is 24.2. The molecule has 1 N–H and O–H groups in total. The fourth-order valence-electron chi connectivity index (χ4n) is 3.49. The van der Waals surface area contributed by atoms with Crippen molar-refractivity contribution in [3.8, 4) is 11.4 Å². The summed E-state index contributed by atoms with van der Waals surface area (Å²) in [4.78, 5) is 39.1. The van der Waals surface area contributed by atoms with Gasteiger partial charge in [0.25, 0.3) is 11.5 Å². The van der Waals surface area contributed by atoms with E-state index in [1.807, 2.05) is 32.9 Å². The van der Waals surface area contributed by atoms with Gasteiger partial charge in [-0.1, -0.05) is 17.7 Å². The molecule has 4 rings (SSSR count). The number of benzene rings is 2. The number of fused-ring (bicyclic) bond motifs is 1. The van der Waals surface area contributed by atoms with Gasteiger partial charge in [0.1, 0.15) is 10.8 Å². The van der Waals surface area contributed by atoms with Gasteiger partial charge in [0.15, 0.2) is 5.69 Å². The lowest BCUT2D eigenvalue weighted by Crippen LogP contribution is -2.25. The van der Waals surface area contributed by atoms with Crippen LogP contribution in [-0.4, -0.2) is 34.4 Å². The van der Waals surface area contributed by atoms with E-state index in [1.54, 1.807) is 48.7 Å². The lowest BCUT2D eigenvalue weighted by atomic mass is 10.2. The number of nitrogens with zero attached hydrogens (tertiary/aromatic N) is 2. The Morgan fingerprint density at radius 1 is 1.09 bits per heavy atom. The fraction of sp³-hybridized carbons (Fsp3) is 0.231. The molecule has 0 saturated carbocycles. The van der Waals surface area contributed by atoms with Gasteiger partial charge in [-0.2, -0.15) is 9.78 Å². The highest BCUT2D eigenvalue weighted by atomic mass is 32.1. The van der Waals surface area contributed by atoms with E-state index in [9.17, 15) is 14.4 Å². The maximum atomic E-state index is 13.5. The van der Waals surface area contributed by atoms with Crippen molar-refractivity contribution < 1.29 is 19.1 Å². The monoisotopic (exact) mass is 491 g/mol. The zero-order valence-electron chi connectivity index (χ0n) is 19.8. The summed E-state index contributed by atoms with van der Waals surface area (Å²) in [6, 6.07) is 13.9. The van der Waals surface area contributed by atoms with Gasteiger partial charge in [-0.15, -0.1) is 11.3 Å². The summed E-state index contributed by atoms with van der Waals surface area (Å²) in [7, 11) is 0. The summed E-state index contributed by atoms with van der Waals surface area (Å²) in [5.74, 6) is -0.375. The molecule has 0 bridgehead atoms. The molecule has 35 heavy (non-hydrogen) atoms. The Labute approximate surface area is 206 Å². The number of amides is 1. The predicted molar refractivity (Wildman–Crippen MR) is 136 cm³/mol. The van der Waals surface area contributed by atoms with Crippen LogP contribution in [0.5, 0.6) is 5.75 Å². The molecular formula is C26H25N3O5S. The summed E-state index contributed by atoms with van der Waals surface area (Å²) < 4.78 is 12.0. The van der Waals surface area contributed by atoms with Crippen LogP contribution >= 0.6 is 11.3 Å². The minimum atomic E-state index is -0.644. The van der Waals surface area contributed by atoms with Crippen molar-refractivity contribution in [2.75, 3.05) is 11.9 Å². The van der Waals surface area contributed by atoms with Crippen LogP contribution in [0.2, 0.25) is 0 Å². The van der Waals surface area contributed by atoms with Gasteiger partial charge in [-0.25, -0.2) is 4.79 Å². The molecule has 0 aliphatic rings. The number of aromatic nitrogens is 2. The first-order valence-corrected chi connectivity index (χ1v) is 12.0. The SMILES string of the molecule is CCOC(=O)c1nn(-c2ccc(C)cc2)c(=O)c2c(NC(=O)c3ccc(OC(C)C)cc3)scc12. The third-order valence-corrected chi connectivity index (χ3v) is 6.01. The van der Waals surface area contributed by atoms with Gasteiger partial charge in [0.05, 0.1) is 23.8 Å². The number of thiophene rings is 1. The molecule has 4 aromatic rings. The van der Waals surface area contributed by atoms with Crippen molar-refractivity contribution in [2.45, 2.75) is 33.8 Å². The second-order valence-corrected chi connectivity index (χ2v) is 9.00. The number of aryl methyl sites for hydroxylation is 1. The van der Waals surface area contributed by atoms with Crippen LogP contribution in [0, 0.1) is 6.92 Å². The van der Waals surface area contributed by atoms with Crippen molar-refractivity contribution in [3.05, 3.63) is 81.1 Å². The lowest BCUT2D eigenvalue weighted by molar-refractivity contribution is 0.0520. The molecule has 0 saturated heterocycles. The number of rotatable bonds is 7. The van der Waals surface area contributed by atoms with Crippen LogP contribution in [0.4, 0.5) is 5.00 Å². The van der Waals surface area contributed by atoms with Crippen molar-refractivity contribution in [1.82, 2.24) is 9.78 Å². The van der Waals surface area contributed by atoms with Crippen molar-refractivity contribution in [2.24, 2.45) is 0 Å². The van der Waals surface area contributed by atoms with Gasteiger partial charge in [-0.3, -0.25) is 9.59 Å². The smallest absolute Gasteiger partial charge is 0.359 e. The standard InChI is InChI=1S/C26H25N3O5S/c1-5-33-26(32)22-20-14-35-24(27-23(30)17-8-12-19(13-9-17)34-15(2)3)21(20)25(31)29(28-22)18-10-6-16(4)7-11-18/h6-15H,5H2,1-4H3,(H,27,30). The number of hydrogen-bond donors (Lipinski definition) is 1. The van der Waals surface area contributed by atoms with E-state index >= 15 is 0 Å². The zero-order valence-corrected chi connectivity index (χ0v) is 20.6. The average Bonchev–Trinajstić information content (AvgIpc) is 3.24. The summed E-state index contributed by atoms with van der Waals surface area (Å²) in [5.41, 5.74) is 1.48. The fourth-order valence-corrected chi connectivity index (χ4v) is 4.42. The highest BCUT2D eigenvalue weighted by Gasteiger charge is 2.23. The largest absolute Gasteiger partial charge is 0.491 e. The maximum absolute atomic E-state index is 13.5. The molecule has 0 unspecified atom stereocenters. The molecule has 0 fully saturated rings. The van der Waals surface area contributed by atoms with Crippen molar-refractivity contribution >= 4 is 39.0 Å². The molecule has 0 spiro atoms. The Bertz CT molecular complexity index is 1440. The van der Waals surface area contributed by atoms with E-state index in [-0.39, 0.29) is 29.7 Å². The third kappa shape index (κ3) is 5.09. The molecule has 9 heteroatoms. The average molecular weight is 492 g/mol. The molecule has 8 nitrogen and oxygen atoms in total. The minimum Gasteiger partial charge on any atom is -0.491 e. The Morgan fingerprint density at radius 3 is 2.40 bits per heavy atom. The summed E-state index contributed by atoms with van der Waals surface area (Å²) in [6.07, 6.45) is 0.0186. The van der Waals surface area contributed by atoms with Crippen LogP contribution in [0.15, 0.2) is 58.7 Å². The van der Waals surface area contributed by atoms with Crippen molar-refractivity contribution in [1.29, 1.82) is 0 Å². The molecule has 0 radical (unpaired) electrons. The molecule has 2 aromatic heterocycles. The van der Waals surface area contributed by atoms with Crippen LogP contribution in [0.25, 0.3) is 16.5 Å². The topological polar surface area (TPSA) is 99.5 Å². The highest BCUT2D eigenvalue weighted by Crippen LogP contribution is 2.31. The second kappa shape index (κ2) is 10.1. The van der Waals surface area contributed by atoms with E-state index in [2.05, 4.69) is 10.4 Å². The number of esters is 1. The predicted octanol–water partition coefficient (Wildman–Crippen LogP) is 4.97. The summed E-state index contributed by atoms with van der Waals surface area (Å²) in [6.45, 7) is 7.63. The molecule has 0 atom stereocenters. The first-order valence-electron chi connectivity index (χ1n) is 11.1. The van der Waals surface area contributed by atoms with E-state index in [0.29, 0.717) is 27.4 Å². The number of carbonyl (C=O) groups excluding carboxylic acids is 2. The minimum absolute atomic E-state index is 0.00830. The third-order valence-electron chi connectivity index (χ3n) is 5.12. The van der Waals surface area contributed by atoms with Crippen LogP contribution in [-0.2, 0) is 4.74 Å². The van der Waals surface area contributed by atoms with Gasteiger partial charge in [0.2, 0.25) is 0 Å². The number of anilines is 1. The Kier molecular flexibility index (Phi) is 6.97. The van der Waals surface area contributed by atoms with Crippen molar-refractivity contribution in [3.63, 3.8) is 0 Å². The summed E-state index contributed by atoms with van der Waals surface area (Å²) >= 11 is 1.15. The first-order chi connectivity index (χ1) is 16.8. The number of carbonyl (C=O) groups is 2. The molecular weight excluding hydrogens is 466 g/mol. The van der Waals surface area contributed by atoms with Gasteiger partial charge in [0, 0.05) is 16.3 Å². The van der Waals surface area contributed by atoms with Crippen LogP contribution < -0.4 is 15.6 Å². The van der Waals surface area contributed by atoms with E-state index in [4.69, 9.17) is 9.47 Å². The zero-order chi connectivity index (χ0) is 25.1. The van der Waals surface area contributed by atoms with Gasteiger partial charge < -0.3 is 14.8 Å². The lowest BCUT2D eigenvalue weighted by Gasteiger charge is -2.11. The second-order valence-electron chi connectivity index (χ2n) is 8.12. The number of ether oxygens (including phenoxy) is 2. The molecule has 1 amide bonds. The molecule has 0 aliphatic carbocycles. The molecule has 2 aromatic carbocycles. The normalized spacial score (nSPS) is 11.0. The van der Waals surface area contributed by atoms with Gasteiger partial charge >= 0.3 is 5.97 Å². The number of nitrogens with one attached hydrogen (secondary N) is 1. The molecule has 0 aliphatic heterocycles. The van der Waals surface area contributed by atoms with Crippen LogP contribution in [0.3, 0.4) is 0 Å². The Morgan fingerprint density at radius 2 is 1.77 bits per heavy atom. The maximum Gasteiger partial charge on any atom is 0.359 e. The van der Waals surface area contributed by atoms with E-state index in [1.165, 1.54) is 0 Å².